The topological polar surface area (TPSA) is 67.9 Å². The first-order valence-electron chi connectivity index (χ1n) is 11.9. The average molecular weight is 544 g/mol. The Morgan fingerprint density at radius 1 is 0.846 bits per heavy atom. The van der Waals surface area contributed by atoms with Crippen molar-refractivity contribution in [3.63, 3.8) is 0 Å². The monoisotopic (exact) mass is 544 g/mol. The van der Waals surface area contributed by atoms with E-state index in [4.69, 9.17) is 4.74 Å². The highest BCUT2D eigenvalue weighted by molar-refractivity contribution is 5.80. The quantitative estimate of drug-likeness (QED) is 0.254. The van der Waals surface area contributed by atoms with Crippen LogP contribution in [-0.2, 0) is 4.74 Å². The number of hydrogen-bond acceptors (Lipinski definition) is 6. The van der Waals surface area contributed by atoms with Gasteiger partial charge in [0, 0.05) is 24.7 Å². The molecule has 1 fully saturated rings. The van der Waals surface area contributed by atoms with E-state index in [9.17, 15) is 31.5 Å². The summed E-state index contributed by atoms with van der Waals surface area (Å²) >= 11 is 0. The molecule has 1 N–H and O–H groups in total. The van der Waals surface area contributed by atoms with E-state index in [1.807, 2.05) is 0 Å². The molecule has 1 aliphatic heterocycles. The van der Waals surface area contributed by atoms with Gasteiger partial charge in [-0.25, -0.2) is 8.78 Å². The molecule has 11 heteroatoms. The van der Waals surface area contributed by atoms with Crippen LogP contribution in [0.5, 0.6) is 5.75 Å². The third-order valence-electron chi connectivity index (χ3n) is 6.48. The first-order chi connectivity index (χ1) is 18.6. The summed E-state index contributed by atoms with van der Waals surface area (Å²) in [7, 11) is 0. The Hall–Kier alpha value is -4.25. The fourth-order valence-electron chi connectivity index (χ4n) is 4.72. The number of anilines is 3. The number of morpholine rings is 1. The van der Waals surface area contributed by atoms with Gasteiger partial charge in [-0.05, 0) is 59.7 Å². The minimum atomic E-state index is -4.84. The maximum Gasteiger partial charge on any atom is 0.573 e. The van der Waals surface area contributed by atoms with Gasteiger partial charge in [0.1, 0.15) is 28.8 Å². The Bertz CT molecular complexity index is 1470. The van der Waals surface area contributed by atoms with Crippen LogP contribution in [0.1, 0.15) is 17.0 Å². The van der Waals surface area contributed by atoms with Gasteiger partial charge in [-0.2, -0.15) is 0 Å². The van der Waals surface area contributed by atoms with Crippen molar-refractivity contribution in [2.45, 2.75) is 18.4 Å². The first kappa shape index (κ1) is 26.4. The molecule has 5 rings (SSSR count). The van der Waals surface area contributed by atoms with Gasteiger partial charge in [0.05, 0.1) is 12.7 Å². The van der Waals surface area contributed by atoms with E-state index in [-0.39, 0.29) is 30.2 Å². The van der Waals surface area contributed by atoms with Gasteiger partial charge < -0.3 is 19.7 Å². The SMILES string of the molecule is O=c1c(Nc2ccc(OC(F)(F)F)cc2)c(N2CCOC(C(c3ccc(F)cc3)c3ccc(F)cc3)C2)c1=O. The van der Waals surface area contributed by atoms with Crippen molar-refractivity contribution in [1.82, 2.24) is 0 Å². The number of hydrogen-bond donors (Lipinski definition) is 1. The molecule has 0 aliphatic carbocycles. The van der Waals surface area contributed by atoms with Crippen molar-refractivity contribution < 1.29 is 31.4 Å². The molecule has 1 aliphatic rings. The average Bonchev–Trinajstić information content (AvgIpc) is 2.91. The number of benzene rings is 3. The Kier molecular flexibility index (Phi) is 7.09. The van der Waals surface area contributed by atoms with Crippen LogP contribution in [0.3, 0.4) is 0 Å². The highest BCUT2D eigenvalue weighted by atomic mass is 19.4. The standard InChI is InChI=1S/C28H21F5N2O4/c29-18-5-1-16(2-6-18)23(17-3-7-19(30)8-4-17)22-15-35(13-14-38-22)25-24(26(36)27(25)37)34-20-9-11-21(12-10-20)39-28(31,32)33/h1-12,22-23,34H,13-15H2. The number of halogens is 5. The van der Waals surface area contributed by atoms with Crippen LogP contribution in [0.2, 0.25) is 0 Å². The zero-order valence-electron chi connectivity index (χ0n) is 20.2. The molecule has 0 bridgehead atoms. The lowest BCUT2D eigenvalue weighted by Gasteiger charge is -2.39. The Morgan fingerprint density at radius 2 is 1.41 bits per heavy atom. The molecule has 1 saturated heterocycles. The third kappa shape index (κ3) is 5.78. The molecular formula is C28H21F5N2O4. The lowest BCUT2D eigenvalue weighted by atomic mass is 9.85. The van der Waals surface area contributed by atoms with Crippen molar-refractivity contribution in [2.75, 3.05) is 29.9 Å². The van der Waals surface area contributed by atoms with E-state index in [0.717, 1.165) is 23.3 Å². The summed E-state index contributed by atoms with van der Waals surface area (Å²) in [5.74, 6) is -1.69. The predicted octanol–water partition coefficient (Wildman–Crippen LogP) is 5.24. The van der Waals surface area contributed by atoms with Crippen molar-refractivity contribution in [3.8, 4) is 5.75 Å². The molecular weight excluding hydrogens is 523 g/mol. The lowest BCUT2D eigenvalue weighted by Crippen LogP contribution is -2.51. The van der Waals surface area contributed by atoms with E-state index < -0.39 is 46.6 Å². The van der Waals surface area contributed by atoms with Gasteiger partial charge in [0.2, 0.25) is 0 Å². The van der Waals surface area contributed by atoms with E-state index in [1.54, 1.807) is 29.2 Å². The molecule has 4 aromatic carbocycles. The van der Waals surface area contributed by atoms with E-state index in [0.29, 0.717) is 6.54 Å². The second-order valence-electron chi connectivity index (χ2n) is 9.02. The number of ether oxygens (including phenoxy) is 2. The minimum Gasteiger partial charge on any atom is -0.406 e. The van der Waals surface area contributed by atoms with Gasteiger partial charge in [-0.15, -0.1) is 13.2 Å². The lowest BCUT2D eigenvalue weighted by molar-refractivity contribution is -0.274. The molecule has 0 spiro atoms. The maximum absolute atomic E-state index is 13.6. The van der Waals surface area contributed by atoms with Gasteiger partial charge in [0.15, 0.2) is 0 Å². The van der Waals surface area contributed by atoms with Crippen LogP contribution in [0, 0.1) is 11.6 Å². The van der Waals surface area contributed by atoms with Crippen molar-refractivity contribution >= 4 is 17.1 Å². The fraction of sp³-hybridized carbons (Fsp3) is 0.214. The zero-order valence-corrected chi connectivity index (χ0v) is 20.2. The fourth-order valence-corrected chi connectivity index (χ4v) is 4.72. The summed E-state index contributed by atoms with van der Waals surface area (Å²) < 4.78 is 74.5. The van der Waals surface area contributed by atoms with Crippen LogP contribution in [0.25, 0.3) is 0 Å². The first-order valence-corrected chi connectivity index (χ1v) is 11.9. The second kappa shape index (κ2) is 10.5. The van der Waals surface area contributed by atoms with Crippen molar-refractivity contribution in [2.24, 2.45) is 0 Å². The molecule has 6 nitrogen and oxygen atoms in total. The van der Waals surface area contributed by atoms with Gasteiger partial charge in [0.25, 0.3) is 10.9 Å². The molecule has 0 radical (unpaired) electrons. The molecule has 0 aromatic heterocycles. The normalized spacial score (nSPS) is 16.1. The summed E-state index contributed by atoms with van der Waals surface area (Å²) in [5.41, 5.74) is 0.440. The van der Waals surface area contributed by atoms with Gasteiger partial charge in [-0.3, -0.25) is 9.59 Å². The molecule has 1 heterocycles. The number of nitrogens with zero attached hydrogens (tertiary/aromatic N) is 1. The van der Waals surface area contributed by atoms with Crippen LogP contribution in [-0.4, -0.2) is 32.2 Å². The predicted molar refractivity (Wildman–Crippen MR) is 134 cm³/mol. The highest BCUT2D eigenvalue weighted by Crippen LogP contribution is 2.35. The summed E-state index contributed by atoms with van der Waals surface area (Å²) in [6, 6.07) is 16.5. The van der Waals surface area contributed by atoms with E-state index in [2.05, 4.69) is 10.1 Å². The number of rotatable bonds is 7. The molecule has 0 amide bonds. The van der Waals surface area contributed by atoms with Crippen LogP contribution in [0.15, 0.2) is 82.4 Å². The molecule has 4 aromatic rings. The van der Waals surface area contributed by atoms with Crippen molar-refractivity contribution in [1.29, 1.82) is 0 Å². The molecule has 39 heavy (non-hydrogen) atoms. The number of nitrogens with one attached hydrogen (secondary N) is 1. The number of alkyl halides is 3. The Labute approximate surface area is 218 Å². The van der Waals surface area contributed by atoms with Gasteiger partial charge >= 0.3 is 6.36 Å². The van der Waals surface area contributed by atoms with E-state index in [1.165, 1.54) is 36.4 Å². The maximum atomic E-state index is 13.6. The Balaban J connectivity index is 1.40. The second-order valence-corrected chi connectivity index (χ2v) is 9.02. The summed E-state index contributed by atoms with van der Waals surface area (Å²) in [6.45, 7) is 0.705. The molecule has 0 saturated carbocycles. The van der Waals surface area contributed by atoms with E-state index >= 15 is 0 Å². The summed E-state index contributed by atoms with van der Waals surface area (Å²) in [6.07, 6.45) is -5.38. The smallest absolute Gasteiger partial charge is 0.406 e. The molecule has 1 atom stereocenters. The van der Waals surface area contributed by atoms with Gasteiger partial charge in [-0.1, -0.05) is 24.3 Å². The zero-order chi connectivity index (χ0) is 27.7. The summed E-state index contributed by atoms with van der Waals surface area (Å²) in [4.78, 5) is 26.7. The molecule has 1 unspecified atom stereocenters. The summed E-state index contributed by atoms with van der Waals surface area (Å²) in [5, 5.41) is 2.82. The largest absolute Gasteiger partial charge is 0.573 e. The Morgan fingerprint density at radius 3 is 1.95 bits per heavy atom. The minimum absolute atomic E-state index is 0.0188. The highest BCUT2D eigenvalue weighted by Gasteiger charge is 2.35. The van der Waals surface area contributed by atoms with Crippen LogP contribution in [0.4, 0.5) is 39.0 Å². The van der Waals surface area contributed by atoms with Crippen LogP contribution < -0.4 is 25.8 Å². The van der Waals surface area contributed by atoms with Crippen LogP contribution >= 0.6 is 0 Å². The molecule has 202 valence electrons. The third-order valence-corrected chi connectivity index (χ3v) is 6.48. The van der Waals surface area contributed by atoms with Crippen molar-refractivity contribution in [3.05, 3.63) is 116 Å².